The molecule has 1 aromatic rings. The number of nitrogens with zero attached hydrogens (tertiary/aromatic N) is 5. The van der Waals surface area contributed by atoms with Crippen molar-refractivity contribution in [2.45, 2.75) is 32.4 Å². The van der Waals surface area contributed by atoms with Gasteiger partial charge in [-0.05, 0) is 13.3 Å². The number of hydrogen-bond donors (Lipinski definition) is 0. The molecule has 26 heavy (non-hydrogen) atoms. The third-order valence-electron chi connectivity index (χ3n) is 4.24. The molecule has 1 unspecified atom stereocenters. The van der Waals surface area contributed by atoms with E-state index in [2.05, 4.69) is 27.5 Å². The second-order valence-corrected chi connectivity index (χ2v) is 6.00. The Bertz CT molecular complexity index is 707. The summed E-state index contributed by atoms with van der Waals surface area (Å²) in [6.07, 6.45) is 6.67. The van der Waals surface area contributed by atoms with E-state index in [4.69, 9.17) is 20.9 Å². The number of ether oxygens (including phenoxy) is 1. The van der Waals surface area contributed by atoms with Crippen LogP contribution in [0.4, 0.5) is 0 Å². The normalized spacial score (nSPS) is 15.9. The first-order valence-electron chi connectivity index (χ1n) is 8.52. The molecule has 8 heteroatoms. The molecule has 8 nitrogen and oxygen atoms in total. The van der Waals surface area contributed by atoms with Gasteiger partial charge in [-0.25, -0.2) is 0 Å². The van der Waals surface area contributed by atoms with Gasteiger partial charge in [-0.15, -0.1) is 12.3 Å². The first-order chi connectivity index (χ1) is 12.6. The van der Waals surface area contributed by atoms with Crippen LogP contribution in [0.3, 0.4) is 0 Å². The Morgan fingerprint density at radius 2 is 2.19 bits per heavy atom. The summed E-state index contributed by atoms with van der Waals surface area (Å²) in [7, 11) is 0. The number of terminal acetylenes is 1. The Hall–Kier alpha value is -2.68. The van der Waals surface area contributed by atoms with Crippen molar-refractivity contribution in [3.8, 4) is 18.4 Å². The largest absolute Gasteiger partial charge is 0.372 e. The van der Waals surface area contributed by atoms with E-state index < -0.39 is 0 Å². The van der Waals surface area contributed by atoms with Gasteiger partial charge in [0.15, 0.2) is 5.82 Å². The molecular formula is C18H23N5O3. The topological polar surface area (TPSA) is 95.5 Å². The van der Waals surface area contributed by atoms with Gasteiger partial charge in [0.25, 0.3) is 11.8 Å². The van der Waals surface area contributed by atoms with Gasteiger partial charge in [0.1, 0.15) is 18.2 Å². The second-order valence-electron chi connectivity index (χ2n) is 6.00. The number of unbranched alkanes of at least 4 members (excludes halogenated alkanes) is 1. The summed E-state index contributed by atoms with van der Waals surface area (Å²) in [6.45, 7) is 8.69. The summed E-state index contributed by atoms with van der Waals surface area (Å²) in [5, 5.41) is 12.8. The maximum atomic E-state index is 12.0. The van der Waals surface area contributed by atoms with Gasteiger partial charge in [-0.2, -0.15) is 10.2 Å². The van der Waals surface area contributed by atoms with Gasteiger partial charge in [0, 0.05) is 39.2 Å². The van der Waals surface area contributed by atoms with Gasteiger partial charge in [-0.3, -0.25) is 9.69 Å². The van der Waals surface area contributed by atoms with E-state index in [0.29, 0.717) is 50.9 Å². The zero-order valence-corrected chi connectivity index (χ0v) is 15.0. The van der Waals surface area contributed by atoms with E-state index >= 15 is 0 Å². The van der Waals surface area contributed by atoms with Gasteiger partial charge < -0.3 is 14.2 Å². The first kappa shape index (κ1) is 19.6. The molecule has 0 saturated carbocycles. The highest BCUT2D eigenvalue weighted by Crippen LogP contribution is 2.20. The van der Waals surface area contributed by atoms with Crippen LogP contribution < -0.4 is 0 Å². The molecular weight excluding hydrogens is 334 g/mol. The molecule has 2 rings (SSSR count). The number of nitriles is 1. The van der Waals surface area contributed by atoms with E-state index in [9.17, 15) is 4.79 Å². The lowest BCUT2D eigenvalue weighted by Gasteiger charge is -2.36. The lowest BCUT2D eigenvalue weighted by atomic mass is 10.2. The highest BCUT2D eigenvalue weighted by molar-refractivity contribution is 5.96. The number of rotatable bonds is 8. The minimum absolute atomic E-state index is 0.0310. The Balaban J connectivity index is 1.80. The Kier molecular flexibility index (Phi) is 7.34. The van der Waals surface area contributed by atoms with Crippen LogP contribution in [0, 0.1) is 23.7 Å². The summed E-state index contributed by atoms with van der Waals surface area (Å²) < 4.78 is 10.7. The molecule has 1 aliphatic rings. The van der Waals surface area contributed by atoms with Crippen molar-refractivity contribution in [2.75, 3.05) is 32.8 Å². The predicted molar refractivity (Wildman–Crippen MR) is 93.3 cm³/mol. The molecule has 0 spiro atoms. The Morgan fingerprint density at radius 1 is 1.46 bits per heavy atom. The van der Waals surface area contributed by atoms with Gasteiger partial charge >= 0.3 is 0 Å². The molecule has 0 aromatic carbocycles. The molecule has 0 N–H and O–H groups in total. The average Bonchev–Trinajstić information content (AvgIpc) is 3.15. The minimum Gasteiger partial charge on any atom is -0.372 e. The second kappa shape index (κ2) is 9.71. The molecule has 1 aliphatic heterocycles. The summed E-state index contributed by atoms with van der Waals surface area (Å²) in [4.78, 5) is 20.1. The van der Waals surface area contributed by atoms with Crippen molar-refractivity contribution in [1.82, 2.24) is 19.9 Å². The summed E-state index contributed by atoms with van der Waals surface area (Å²) in [5.41, 5.74) is -0.0310. The number of aromatic nitrogens is 2. The summed E-state index contributed by atoms with van der Waals surface area (Å²) >= 11 is 0. The van der Waals surface area contributed by atoms with Crippen LogP contribution >= 0.6 is 0 Å². The van der Waals surface area contributed by atoms with Crippen LogP contribution in [-0.4, -0.2) is 58.6 Å². The van der Waals surface area contributed by atoms with Crippen molar-refractivity contribution in [1.29, 1.82) is 5.26 Å². The summed E-state index contributed by atoms with van der Waals surface area (Å²) in [5.74, 6) is 3.28. The summed E-state index contributed by atoms with van der Waals surface area (Å²) in [6, 6.07) is 1.76. The lowest BCUT2D eigenvalue weighted by Crippen LogP contribution is -2.49. The van der Waals surface area contributed by atoms with Gasteiger partial charge in [0.05, 0.1) is 6.04 Å². The van der Waals surface area contributed by atoms with Crippen LogP contribution in [-0.2, 0) is 16.1 Å². The maximum absolute atomic E-state index is 12.0. The molecule has 1 aromatic heterocycles. The highest BCUT2D eigenvalue weighted by atomic mass is 16.5. The standard InChI is InChI=1S/C18H23N5O3/c1-4-5-6-11-25-13-16-20-17(21-26-16)15(3)22-7-9-23(10-8-22)18(24)14(2)12-19/h1,15H,2,5-11,13H2,3H3. The third-order valence-corrected chi connectivity index (χ3v) is 4.24. The van der Waals surface area contributed by atoms with Crippen molar-refractivity contribution in [2.24, 2.45) is 0 Å². The van der Waals surface area contributed by atoms with E-state index in [1.165, 1.54) is 0 Å². The van der Waals surface area contributed by atoms with E-state index in [1.54, 1.807) is 11.0 Å². The quantitative estimate of drug-likeness (QED) is 0.299. The van der Waals surface area contributed by atoms with E-state index in [1.807, 2.05) is 6.92 Å². The third kappa shape index (κ3) is 5.16. The lowest BCUT2D eigenvalue weighted by molar-refractivity contribution is -0.128. The highest BCUT2D eigenvalue weighted by Gasteiger charge is 2.27. The number of hydrogen-bond acceptors (Lipinski definition) is 7. The number of piperazine rings is 1. The van der Waals surface area contributed by atoms with E-state index in [-0.39, 0.29) is 24.1 Å². The molecule has 138 valence electrons. The van der Waals surface area contributed by atoms with E-state index in [0.717, 1.165) is 6.42 Å². The van der Waals surface area contributed by atoms with Crippen molar-refractivity contribution in [3.05, 3.63) is 23.9 Å². The minimum atomic E-state index is -0.302. The molecule has 0 radical (unpaired) electrons. The van der Waals surface area contributed by atoms with Crippen LogP contribution in [0.15, 0.2) is 16.7 Å². The number of carbonyl (C=O) groups is 1. The predicted octanol–water partition coefficient (Wildman–Crippen LogP) is 1.28. The van der Waals surface area contributed by atoms with Crippen molar-refractivity contribution < 1.29 is 14.1 Å². The van der Waals surface area contributed by atoms with Crippen LogP contribution in [0.5, 0.6) is 0 Å². The molecule has 1 saturated heterocycles. The van der Waals surface area contributed by atoms with Crippen molar-refractivity contribution in [3.63, 3.8) is 0 Å². The maximum Gasteiger partial charge on any atom is 0.263 e. The molecule has 1 atom stereocenters. The first-order valence-corrected chi connectivity index (χ1v) is 8.52. The SMILES string of the molecule is C#CCCCOCc1nc(C(C)N2CCN(C(=O)C(=C)C#N)CC2)no1. The van der Waals surface area contributed by atoms with Gasteiger partial charge in [-0.1, -0.05) is 11.7 Å². The average molecular weight is 357 g/mol. The Labute approximate surface area is 153 Å². The molecule has 1 fully saturated rings. The molecule has 2 heterocycles. The fourth-order valence-electron chi connectivity index (χ4n) is 2.65. The van der Waals surface area contributed by atoms with Gasteiger partial charge in [0.2, 0.25) is 0 Å². The fourth-order valence-corrected chi connectivity index (χ4v) is 2.65. The van der Waals surface area contributed by atoms with Crippen molar-refractivity contribution >= 4 is 5.91 Å². The van der Waals surface area contributed by atoms with Crippen LogP contribution in [0.2, 0.25) is 0 Å². The fraction of sp³-hybridized carbons (Fsp3) is 0.556. The number of amides is 1. The number of carbonyl (C=O) groups excluding carboxylic acids is 1. The van der Waals surface area contributed by atoms with Crippen LogP contribution in [0.25, 0.3) is 0 Å². The zero-order chi connectivity index (χ0) is 18.9. The molecule has 1 amide bonds. The Morgan fingerprint density at radius 3 is 2.85 bits per heavy atom. The molecule has 0 bridgehead atoms. The monoisotopic (exact) mass is 357 g/mol. The molecule has 0 aliphatic carbocycles. The smallest absolute Gasteiger partial charge is 0.263 e. The zero-order valence-electron chi connectivity index (χ0n) is 15.0. The van der Waals surface area contributed by atoms with Crippen LogP contribution in [0.1, 0.15) is 37.5 Å².